The minimum absolute atomic E-state index is 0.0131. The number of carbonyl (C=O) groups excluding carboxylic acids is 3. The number of anilines is 2. The molecule has 3 aliphatic rings. The molecule has 1 unspecified atom stereocenters. The van der Waals surface area contributed by atoms with Crippen LogP contribution in [0.1, 0.15) is 42.0 Å². The predicted molar refractivity (Wildman–Crippen MR) is 162 cm³/mol. The average Bonchev–Trinajstić information content (AvgIpc) is 3.39. The molecule has 3 aromatic rings. The van der Waals surface area contributed by atoms with Gasteiger partial charge < -0.3 is 20.4 Å². The van der Waals surface area contributed by atoms with Crippen molar-refractivity contribution >= 4 is 29.4 Å². The molecule has 4 amide bonds. The second kappa shape index (κ2) is 12.5. The lowest BCUT2D eigenvalue weighted by Gasteiger charge is -2.34. The van der Waals surface area contributed by atoms with Crippen LogP contribution in [-0.4, -0.2) is 60.0 Å². The van der Waals surface area contributed by atoms with E-state index < -0.39 is 29.7 Å². The van der Waals surface area contributed by atoms with Crippen molar-refractivity contribution in [2.45, 2.75) is 37.5 Å². The summed E-state index contributed by atoms with van der Waals surface area (Å²) in [6, 6.07) is 16.9. The zero-order valence-corrected chi connectivity index (χ0v) is 24.6. The Morgan fingerprint density at radius 2 is 1.80 bits per heavy atom. The van der Waals surface area contributed by atoms with E-state index in [9.17, 15) is 32.8 Å². The third-order valence-corrected chi connectivity index (χ3v) is 8.45. The number of amides is 4. The summed E-state index contributed by atoms with van der Waals surface area (Å²) in [5, 5.41) is 15.0. The van der Waals surface area contributed by atoms with Crippen molar-refractivity contribution < 1.29 is 27.6 Å². The van der Waals surface area contributed by atoms with E-state index in [1.165, 1.54) is 17.0 Å². The van der Waals surface area contributed by atoms with Crippen molar-refractivity contribution in [2.75, 3.05) is 36.0 Å². The van der Waals surface area contributed by atoms with Crippen molar-refractivity contribution in [3.05, 3.63) is 101 Å². The maximum Gasteiger partial charge on any atom is 0.416 e. The minimum atomic E-state index is -4.63. The fourth-order valence-electron chi connectivity index (χ4n) is 6.10. The van der Waals surface area contributed by atoms with Gasteiger partial charge in [0.2, 0.25) is 5.91 Å². The van der Waals surface area contributed by atoms with Gasteiger partial charge in [0.25, 0.3) is 5.91 Å². The van der Waals surface area contributed by atoms with Gasteiger partial charge in [-0.25, -0.2) is 9.78 Å². The molecule has 46 heavy (non-hydrogen) atoms. The fourth-order valence-corrected chi connectivity index (χ4v) is 6.10. The molecule has 13 heteroatoms. The maximum atomic E-state index is 13.8. The number of carbonyl (C=O) groups is 3. The second-order valence-electron chi connectivity index (χ2n) is 11.4. The number of hydrogen-bond acceptors (Lipinski definition) is 6. The Kier molecular flexibility index (Phi) is 8.36. The first kappa shape index (κ1) is 30.6. The third-order valence-electron chi connectivity index (χ3n) is 8.45. The summed E-state index contributed by atoms with van der Waals surface area (Å²) in [5.74, 6) is 0.238. The topological polar surface area (TPSA) is 122 Å². The van der Waals surface area contributed by atoms with Crippen LogP contribution < -0.4 is 20.4 Å². The number of benzene rings is 2. The number of hydrogen-bond donors (Lipinski definition) is 2. The van der Waals surface area contributed by atoms with Gasteiger partial charge in [0.05, 0.1) is 46.7 Å². The molecule has 0 saturated carbocycles. The van der Waals surface area contributed by atoms with Crippen molar-refractivity contribution in [2.24, 2.45) is 0 Å². The highest BCUT2D eigenvalue weighted by Crippen LogP contribution is 2.40. The number of halogens is 3. The number of nitrogens with zero attached hydrogens (tertiary/aromatic N) is 5. The molecule has 1 atom stereocenters. The number of nitrogens with one attached hydrogen (secondary N) is 2. The SMILES string of the molecule is N#Cc1ccc(C2NC(=O)N(c3cccc(C(F)(F)F)c3)C3=C2C(=O)N(CCC(=O)NC2CCN(c4ccccn4)CC2)C3)cc1. The molecule has 0 spiro atoms. The van der Waals surface area contributed by atoms with Crippen LogP contribution in [-0.2, 0) is 15.8 Å². The Hall–Kier alpha value is -5.38. The van der Waals surface area contributed by atoms with Crippen molar-refractivity contribution in [3.8, 4) is 6.07 Å². The fraction of sp³-hybridized carbons (Fsp3) is 0.303. The predicted octanol–water partition coefficient (Wildman–Crippen LogP) is 4.51. The highest BCUT2D eigenvalue weighted by atomic mass is 19.4. The molecule has 0 bridgehead atoms. The van der Waals surface area contributed by atoms with Crippen LogP contribution in [0.5, 0.6) is 0 Å². The number of rotatable bonds is 7. The van der Waals surface area contributed by atoms with Gasteiger partial charge in [0, 0.05) is 38.3 Å². The number of pyridine rings is 1. The maximum absolute atomic E-state index is 13.8. The lowest BCUT2D eigenvalue weighted by Crippen LogP contribution is -2.47. The minimum Gasteiger partial charge on any atom is -0.356 e. The summed E-state index contributed by atoms with van der Waals surface area (Å²) in [5.41, 5.74) is 0.390. The van der Waals surface area contributed by atoms with Gasteiger partial charge in [-0.3, -0.25) is 14.5 Å². The first-order valence-corrected chi connectivity index (χ1v) is 14.9. The number of piperidine rings is 1. The van der Waals surface area contributed by atoms with Crippen molar-refractivity contribution in [3.63, 3.8) is 0 Å². The van der Waals surface area contributed by atoms with Gasteiger partial charge in [-0.1, -0.05) is 24.3 Å². The van der Waals surface area contributed by atoms with E-state index in [4.69, 9.17) is 0 Å². The van der Waals surface area contributed by atoms with Crippen LogP contribution in [0.4, 0.5) is 29.5 Å². The second-order valence-corrected chi connectivity index (χ2v) is 11.4. The summed E-state index contributed by atoms with van der Waals surface area (Å²) in [4.78, 5) is 49.3. The summed E-state index contributed by atoms with van der Waals surface area (Å²) >= 11 is 0. The van der Waals surface area contributed by atoms with E-state index in [-0.39, 0.29) is 48.4 Å². The molecule has 2 aromatic carbocycles. The van der Waals surface area contributed by atoms with Crippen LogP contribution >= 0.6 is 0 Å². The van der Waals surface area contributed by atoms with E-state index in [2.05, 4.69) is 20.5 Å². The molecule has 2 N–H and O–H groups in total. The van der Waals surface area contributed by atoms with Gasteiger partial charge in [-0.05, 0) is 60.9 Å². The van der Waals surface area contributed by atoms with Crippen LogP contribution in [0.25, 0.3) is 0 Å². The van der Waals surface area contributed by atoms with Crippen LogP contribution in [0.3, 0.4) is 0 Å². The molecule has 1 aromatic heterocycles. The highest BCUT2D eigenvalue weighted by Gasteiger charge is 2.45. The number of alkyl halides is 3. The molecule has 0 radical (unpaired) electrons. The lowest BCUT2D eigenvalue weighted by molar-refractivity contribution is -0.137. The summed E-state index contributed by atoms with van der Waals surface area (Å²) in [6.07, 6.45) is -1.39. The third kappa shape index (κ3) is 6.24. The molecule has 3 aliphatic heterocycles. The van der Waals surface area contributed by atoms with Gasteiger partial charge in [0.1, 0.15) is 5.82 Å². The van der Waals surface area contributed by atoms with Crippen LogP contribution in [0, 0.1) is 11.3 Å². The van der Waals surface area contributed by atoms with Crippen molar-refractivity contribution in [1.82, 2.24) is 20.5 Å². The summed E-state index contributed by atoms with van der Waals surface area (Å²) in [6.45, 7) is 1.47. The Morgan fingerprint density at radius 3 is 2.48 bits per heavy atom. The molecule has 236 valence electrons. The zero-order valence-electron chi connectivity index (χ0n) is 24.6. The van der Waals surface area contributed by atoms with Gasteiger partial charge in [-0.15, -0.1) is 0 Å². The summed E-state index contributed by atoms with van der Waals surface area (Å²) in [7, 11) is 0. The van der Waals surface area contributed by atoms with E-state index >= 15 is 0 Å². The summed E-state index contributed by atoms with van der Waals surface area (Å²) < 4.78 is 40.7. The zero-order chi connectivity index (χ0) is 32.4. The van der Waals surface area contributed by atoms with Crippen LogP contribution in [0.2, 0.25) is 0 Å². The number of urea groups is 1. The Labute approximate surface area is 263 Å². The number of nitriles is 1. The molecule has 1 fully saturated rings. The van der Waals surface area contributed by atoms with Gasteiger partial charge in [0.15, 0.2) is 0 Å². The standard InChI is InChI=1S/C33H30F3N7O3/c34-33(35,36)23-4-3-5-25(18-23)43-26-20-42(31(45)29(26)30(40-32(43)46)22-9-7-21(19-37)8-10-22)17-13-28(44)39-24-11-15-41(16-12-24)27-6-1-2-14-38-27/h1-10,14,18,24,30H,11-13,15-17,20H2,(H,39,44)(H,40,46). The quantitative estimate of drug-likeness (QED) is 0.397. The molecular weight excluding hydrogens is 599 g/mol. The first-order chi connectivity index (χ1) is 22.1. The first-order valence-electron chi connectivity index (χ1n) is 14.9. The molecule has 10 nitrogen and oxygen atoms in total. The van der Waals surface area contributed by atoms with E-state index in [1.807, 2.05) is 24.3 Å². The Balaban J connectivity index is 1.18. The van der Waals surface area contributed by atoms with E-state index in [0.29, 0.717) is 11.1 Å². The van der Waals surface area contributed by atoms with E-state index in [0.717, 1.165) is 48.8 Å². The normalized spacial score (nSPS) is 18.7. The molecule has 1 saturated heterocycles. The Bertz CT molecular complexity index is 1710. The molecule has 4 heterocycles. The monoisotopic (exact) mass is 629 g/mol. The Morgan fingerprint density at radius 1 is 1.04 bits per heavy atom. The van der Waals surface area contributed by atoms with Crippen molar-refractivity contribution in [1.29, 1.82) is 5.26 Å². The molecular formula is C33H30F3N7O3. The lowest BCUT2D eigenvalue weighted by atomic mass is 9.94. The number of aromatic nitrogens is 1. The van der Waals surface area contributed by atoms with E-state index in [1.54, 1.807) is 30.5 Å². The van der Waals surface area contributed by atoms with Gasteiger partial charge in [-0.2, -0.15) is 18.4 Å². The molecule has 0 aliphatic carbocycles. The molecule has 6 rings (SSSR count). The average molecular weight is 630 g/mol. The van der Waals surface area contributed by atoms with Gasteiger partial charge >= 0.3 is 12.2 Å². The largest absolute Gasteiger partial charge is 0.416 e. The van der Waals surface area contributed by atoms with Crippen LogP contribution in [0.15, 0.2) is 84.2 Å². The smallest absolute Gasteiger partial charge is 0.356 e. The highest BCUT2D eigenvalue weighted by molar-refractivity contribution is 6.07.